The lowest BCUT2D eigenvalue weighted by molar-refractivity contribution is 0.102. The molecule has 1 unspecified atom stereocenters. The number of carbonyl (C=O) groups is 1. The molecule has 0 aliphatic rings. The Labute approximate surface area is 125 Å². The molecule has 3 aromatic rings. The quantitative estimate of drug-likeness (QED) is 0.779. The minimum absolute atomic E-state index is 0.145. The van der Waals surface area contributed by atoms with Gasteiger partial charge in [-0.3, -0.25) is 15.1 Å². The van der Waals surface area contributed by atoms with Crippen molar-refractivity contribution in [1.29, 1.82) is 0 Å². The zero-order valence-corrected chi connectivity index (χ0v) is 12.2. The van der Waals surface area contributed by atoms with Crippen molar-refractivity contribution < 1.29 is 4.79 Å². The van der Waals surface area contributed by atoms with Crippen molar-refractivity contribution in [2.45, 2.75) is 13.0 Å². The highest BCUT2D eigenvalue weighted by molar-refractivity contribution is 7.14. The van der Waals surface area contributed by atoms with Crippen molar-refractivity contribution >= 4 is 33.3 Å². The largest absolute Gasteiger partial charge is 0.323 e. The minimum atomic E-state index is -0.195. The summed E-state index contributed by atoms with van der Waals surface area (Å²) in [5.74, 6) is -0.195. The van der Waals surface area contributed by atoms with Crippen LogP contribution in [0.4, 0.5) is 5.13 Å². The van der Waals surface area contributed by atoms with Crippen LogP contribution in [0.3, 0.4) is 0 Å². The maximum Gasteiger partial charge on any atom is 0.258 e. The predicted octanol–water partition coefficient (Wildman–Crippen LogP) is 2.96. The number of hydrogen-bond donors (Lipinski definition) is 2. The van der Waals surface area contributed by atoms with Gasteiger partial charge in [0.15, 0.2) is 5.13 Å². The average molecular weight is 298 g/mol. The lowest BCUT2D eigenvalue weighted by Crippen LogP contribution is -2.13. The molecule has 0 aliphatic heterocycles. The van der Waals surface area contributed by atoms with Gasteiger partial charge in [0.25, 0.3) is 5.91 Å². The average Bonchev–Trinajstić information content (AvgIpc) is 2.95. The van der Waals surface area contributed by atoms with E-state index in [2.05, 4.69) is 15.3 Å². The number of hydrogen-bond acceptors (Lipinski definition) is 5. The molecule has 0 radical (unpaired) electrons. The van der Waals surface area contributed by atoms with Gasteiger partial charge in [-0.1, -0.05) is 18.2 Å². The van der Waals surface area contributed by atoms with Gasteiger partial charge in [0.05, 0.1) is 16.8 Å². The van der Waals surface area contributed by atoms with E-state index in [1.165, 1.54) is 11.3 Å². The summed E-state index contributed by atoms with van der Waals surface area (Å²) >= 11 is 1.37. The van der Waals surface area contributed by atoms with E-state index in [0.29, 0.717) is 10.7 Å². The first kappa shape index (κ1) is 13.7. The molecular weight excluding hydrogens is 284 g/mol. The fourth-order valence-corrected chi connectivity index (χ4v) is 2.82. The van der Waals surface area contributed by atoms with Crippen molar-refractivity contribution in [3.8, 4) is 0 Å². The lowest BCUT2D eigenvalue weighted by atomic mass is 10.1. The molecule has 1 atom stereocenters. The molecule has 0 aliphatic carbocycles. The van der Waals surface area contributed by atoms with Gasteiger partial charge in [-0.25, -0.2) is 4.98 Å². The highest BCUT2D eigenvalue weighted by atomic mass is 32.1. The zero-order chi connectivity index (χ0) is 14.8. The van der Waals surface area contributed by atoms with Crippen molar-refractivity contribution in [2.75, 3.05) is 5.32 Å². The van der Waals surface area contributed by atoms with E-state index in [4.69, 9.17) is 5.73 Å². The van der Waals surface area contributed by atoms with E-state index < -0.39 is 0 Å². The standard InChI is InChI=1S/C15H14N4OS/c1-9(16)13-8-21-15(18-13)19-14(20)11-6-7-17-12-5-3-2-4-10(11)12/h2-9H,16H2,1H3,(H,18,19,20). The molecule has 21 heavy (non-hydrogen) atoms. The normalized spacial score (nSPS) is 12.3. The number of anilines is 1. The Morgan fingerprint density at radius 2 is 2.14 bits per heavy atom. The van der Waals surface area contributed by atoms with Gasteiger partial charge in [0, 0.05) is 23.0 Å². The summed E-state index contributed by atoms with van der Waals surface area (Å²) in [6.45, 7) is 1.86. The number of thiazole rings is 1. The van der Waals surface area contributed by atoms with E-state index in [1.807, 2.05) is 36.6 Å². The Hall–Kier alpha value is -2.31. The van der Waals surface area contributed by atoms with Gasteiger partial charge >= 0.3 is 0 Å². The first-order valence-electron chi connectivity index (χ1n) is 6.51. The first-order valence-corrected chi connectivity index (χ1v) is 7.39. The van der Waals surface area contributed by atoms with Gasteiger partial charge in [-0.15, -0.1) is 11.3 Å². The number of aromatic nitrogens is 2. The van der Waals surface area contributed by atoms with E-state index in [1.54, 1.807) is 12.3 Å². The number of carbonyl (C=O) groups excluding carboxylic acids is 1. The van der Waals surface area contributed by atoms with E-state index in [9.17, 15) is 4.79 Å². The number of nitrogens with zero attached hydrogens (tertiary/aromatic N) is 2. The third-order valence-corrected chi connectivity index (χ3v) is 3.88. The van der Waals surface area contributed by atoms with Crippen molar-refractivity contribution in [1.82, 2.24) is 9.97 Å². The smallest absolute Gasteiger partial charge is 0.258 e. The number of nitrogens with two attached hydrogens (primary N) is 1. The molecule has 1 amide bonds. The second-order valence-electron chi connectivity index (χ2n) is 4.70. The molecule has 0 saturated carbocycles. The molecule has 3 rings (SSSR count). The van der Waals surface area contributed by atoms with Gasteiger partial charge in [-0.05, 0) is 19.1 Å². The molecule has 0 saturated heterocycles. The molecule has 0 bridgehead atoms. The molecule has 2 heterocycles. The molecule has 5 nitrogen and oxygen atoms in total. The van der Waals surface area contributed by atoms with Crippen LogP contribution in [-0.4, -0.2) is 15.9 Å². The molecule has 0 fully saturated rings. The Morgan fingerprint density at radius 3 is 2.90 bits per heavy atom. The molecule has 106 valence electrons. The van der Waals surface area contributed by atoms with Gasteiger partial charge in [0.2, 0.25) is 0 Å². The molecule has 0 spiro atoms. The van der Waals surface area contributed by atoms with Crippen LogP contribution in [-0.2, 0) is 0 Å². The van der Waals surface area contributed by atoms with Gasteiger partial charge in [-0.2, -0.15) is 0 Å². The van der Waals surface area contributed by atoms with Crippen LogP contribution in [0.5, 0.6) is 0 Å². The van der Waals surface area contributed by atoms with Crippen molar-refractivity contribution in [3.63, 3.8) is 0 Å². The predicted molar refractivity (Wildman–Crippen MR) is 84.4 cm³/mol. The fraction of sp³-hybridized carbons (Fsp3) is 0.133. The van der Waals surface area contributed by atoms with Crippen LogP contribution in [0.25, 0.3) is 10.9 Å². The second kappa shape index (κ2) is 5.59. The molecule has 6 heteroatoms. The third kappa shape index (κ3) is 2.76. The number of para-hydroxylation sites is 1. The van der Waals surface area contributed by atoms with E-state index >= 15 is 0 Å². The highest BCUT2D eigenvalue weighted by Crippen LogP contribution is 2.21. The zero-order valence-electron chi connectivity index (χ0n) is 11.4. The van der Waals surface area contributed by atoms with Gasteiger partial charge in [0.1, 0.15) is 0 Å². The number of benzene rings is 1. The summed E-state index contributed by atoms with van der Waals surface area (Å²) in [7, 11) is 0. The lowest BCUT2D eigenvalue weighted by Gasteiger charge is -2.05. The maximum atomic E-state index is 12.4. The number of rotatable bonds is 3. The Bertz CT molecular complexity index is 792. The molecule has 2 aromatic heterocycles. The molecule has 1 aromatic carbocycles. The topological polar surface area (TPSA) is 80.9 Å². The Morgan fingerprint density at radius 1 is 1.33 bits per heavy atom. The van der Waals surface area contributed by atoms with Crippen LogP contribution < -0.4 is 11.1 Å². The fourth-order valence-electron chi connectivity index (χ4n) is 2.01. The summed E-state index contributed by atoms with van der Waals surface area (Å²) in [6, 6.07) is 9.10. The number of amides is 1. The summed E-state index contributed by atoms with van der Waals surface area (Å²) in [5.41, 5.74) is 7.91. The van der Waals surface area contributed by atoms with E-state index in [0.717, 1.165) is 16.6 Å². The summed E-state index contributed by atoms with van der Waals surface area (Å²) in [5, 5.41) is 6.03. The molecule has 3 N–H and O–H groups in total. The van der Waals surface area contributed by atoms with Crippen molar-refractivity contribution in [2.24, 2.45) is 5.73 Å². The maximum absolute atomic E-state index is 12.4. The van der Waals surface area contributed by atoms with Crippen LogP contribution in [0, 0.1) is 0 Å². The van der Waals surface area contributed by atoms with Crippen LogP contribution in [0.2, 0.25) is 0 Å². The van der Waals surface area contributed by atoms with Crippen LogP contribution in [0.15, 0.2) is 41.9 Å². The summed E-state index contributed by atoms with van der Waals surface area (Å²) in [6.07, 6.45) is 1.63. The Kier molecular flexibility index (Phi) is 3.64. The minimum Gasteiger partial charge on any atom is -0.323 e. The first-order chi connectivity index (χ1) is 10.1. The third-order valence-electron chi connectivity index (χ3n) is 3.10. The molecular formula is C15H14N4OS. The SMILES string of the molecule is CC(N)c1csc(NC(=O)c2ccnc3ccccc23)n1. The van der Waals surface area contributed by atoms with Gasteiger partial charge < -0.3 is 5.73 Å². The number of pyridine rings is 1. The van der Waals surface area contributed by atoms with Crippen LogP contribution >= 0.6 is 11.3 Å². The highest BCUT2D eigenvalue weighted by Gasteiger charge is 2.13. The summed E-state index contributed by atoms with van der Waals surface area (Å²) in [4.78, 5) is 21.0. The Balaban J connectivity index is 1.90. The van der Waals surface area contributed by atoms with Crippen LogP contribution in [0.1, 0.15) is 29.0 Å². The summed E-state index contributed by atoms with van der Waals surface area (Å²) < 4.78 is 0. The second-order valence-corrected chi connectivity index (χ2v) is 5.55. The van der Waals surface area contributed by atoms with Crippen molar-refractivity contribution in [3.05, 3.63) is 53.2 Å². The monoisotopic (exact) mass is 298 g/mol. The number of nitrogens with one attached hydrogen (secondary N) is 1. The van der Waals surface area contributed by atoms with E-state index in [-0.39, 0.29) is 11.9 Å². The number of fused-ring (bicyclic) bond motifs is 1.